The van der Waals surface area contributed by atoms with Crippen LogP contribution < -0.4 is 5.73 Å². The van der Waals surface area contributed by atoms with Crippen molar-refractivity contribution in [2.75, 3.05) is 19.3 Å². The summed E-state index contributed by atoms with van der Waals surface area (Å²) in [5.41, 5.74) is 6.32. The Morgan fingerprint density at radius 3 is 2.32 bits per heavy atom. The van der Waals surface area contributed by atoms with Crippen molar-refractivity contribution in [2.24, 2.45) is 5.73 Å². The van der Waals surface area contributed by atoms with Gasteiger partial charge in [-0.2, -0.15) is 9.57 Å². The minimum absolute atomic E-state index is 0.0656. The van der Waals surface area contributed by atoms with Crippen LogP contribution in [-0.2, 0) is 25.6 Å². The summed E-state index contributed by atoms with van der Waals surface area (Å²) >= 11 is 0. The average molecular weight is 345 g/mol. The summed E-state index contributed by atoms with van der Waals surface area (Å²) in [4.78, 5) is 0. The van der Waals surface area contributed by atoms with Crippen molar-refractivity contribution < 1.29 is 16.8 Å². The second kappa shape index (κ2) is 7.69. The van der Waals surface area contributed by atoms with Crippen molar-refractivity contribution in [2.45, 2.75) is 17.5 Å². The molecule has 2 N–H and O–H groups in total. The summed E-state index contributed by atoms with van der Waals surface area (Å²) in [6.07, 6.45) is 0.901. The second-order valence-electron chi connectivity index (χ2n) is 4.87. The van der Waals surface area contributed by atoms with Crippen molar-refractivity contribution in [1.82, 2.24) is 4.31 Å². The van der Waals surface area contributed by atoms with Crippen LogP contribution in [0.2, 0.25) is 0 Å². The molecule has 1 rings (SSSR count). The smallest absolute Gasteiger partial charge is 0.212 e. The number of benzene rings is 1. The van der Waals surface area contributed by atoms with Crippen LogP contribution in [0.1, 0.15) is 12.0 Å². The molecular weight excluding hydrogens is 326 g/mol. The van der Waals surface area contributed by atoms with Gasteiger partial charge in [0.15, 0.2) is 9.84 Å². The predicted molar refractivity (Wildman–Crippen MR) is 83.7 cm³/mol. The van der Waals surface area contributed by atoms with E-state index in [0.29, 0.717) is 5.56 Å². The first-order chi connectivity index (χ1) is 10.2. The van der Waals surface area contributed by atoms with Gasteiger partial charge < -0.3 is 5.73 Å². The highest BCUT2D eigenvalue weighted by Gasteiger charge is 2.24. The zero-order valence-corrected chi connectivity index (χ0v) is 13.8. The zero-order valence-electron chi connectivity index (χ0n) is 12.2. The molecule has 0 aliphatic heterocycles. The zero-order chi connectivity index (χ0) is 16.8. The lowest BCUT2D eigenvalue weighted by Gasteiger charge is -2.19. The van der Waals surface area contributed by atoms with E-state index in [2.05, 4.69) is 0 Å². The van der Waals surface area contributed by atoms with E-state index in [4.69, 9.17) is 11.0 Å². The maximum absolute atomic E-state index is 12.2. The maximum atomic E-state index is 12.2. The molecule has 7 nitrogen and oxygen atoms in total. The first-order valence-corrected chi connectivity index (χ1v) is 10.1. The van der Waals surface area contributed by atoms with Gasteiger partial charge >= 0.3 is 0 Å². The number of nitrogens with two attached hydrogens (primary N) is 1. The topological polar surface area (TPSA) is 121 Å². The molecule has 0 aromatic heterocycles. The number of nitrogens with zero attached hydrogens (tertiary/aromatic N) is 2. The highest BCUT2D eigenvalue weighted by molar-refractivity contribution is 7.91. The molecule has 0 bridgehead atoms. The van der Waals surface area contributed by atoms with Crippen LogP contribution in [0.3, 0.4) is 0 Å². The molecule has 122 valence electrons. The standard InChI is InChI=1S/C13H19N3O4S2/c1-21(17,18)16(10-8-14)9-7-13(15)22(19,20)11-12-5-3-2-4-6-12/h2-6,13H,7,9-11,15H2,1H3. The van der Waals surface area contributed by atoms with Crippen molar-refractivity contribution >= 4 is 19.9 Å². The highest BCUT2D eigenvalue weighted by Crippen LogP contribution is 2.12. The molecule has 1 atom stereocenters. The fourth-order valence-corrected chi connectivity index (χ4v) is 3.87. The second-order valence-corrected chi connectivity index (χ2v) is 9.08. The predicted octanol–water partition coefficient (Wildman–Crippen LogP) is 0.0615. The average Bonchev–Trinajstić information content (AvgIpc) is 2.42. The van der Waals surface area contributed by atoms with Gasteiger partial charge in [-0.1, -0.05) is 30.3 Å². The molecule has 0 aliphatic rings. The van der Waals surface area contributed by atoms with Crippen LogP contribution in [0.15, 0.2) is 30.3 Å². The molecule has 9 heteroatoms. The van der Waals surface area contributed by atoms with Crippen molar-refractivity contribution in [3.05, 3.63) is 35.9 Å². The number of rotatable bonds is 8. The molecule has 0 amide bonds. The van der Waals surface area contributed by atoms with E-state index in [1.54, 1.807) is 36.4 Å². The number of nitriles is 1. The van der Waals surface area contributed by atoms with E-state index >= 15 is 0 Å². The van der Waals surface area contributed by atoms with Crippen molar-refractivity contribution in [1.29, 1.82) is 5.26 Å². The number of hydrogen-bond donors (Lipinski definition) is 1. The quantitative estimate of drug-likeness (QED) is 0.665. The summed E-state index contributed by atoms with van der Waals surface area (Å²) < 4.78 is 48.2. The third-order valence-electron chi connectivity index (χ3n) is 3.05. The molecule has 0 radical (unpaired) electrons. The monoisotopic (exact) mass is 345 g/mol. The van der Waals surface area contributed by atoms with Gasteiger partial charge in [0, 0.05) is 6.54 Å². The number of sulfonamides is 1. The Kier molecular flexibility index (Phi) is 6.49. The van der Waals surface area contributed by atoms with Gasteiger partial charge in [-0.15, -0.1) is 0 Å². The Labute approximate surface area is 131 Å². The van der Waals surface area contributed by atoms with Crippen LogP contribution in [0.4, 0.5) is 0 Å². The summed E-state index contributed by atoms with van der Waals surface area (Å²) in [7, 11) is -7.16. The molecule has 0 spiro atoms. The number of hydrogen-bond acceptors (Lipinski definition) is 6. The molecule has 1 unspecified atom stereocenters. The molecule has 0 heterocycles. The summed E-state index contributed by atoms with van der Waals surface area (Å²) in [5.74, 6) is -0.202. The largest absolute Gasteiger partial charge is 0.315 e. The summed E-state index contributed by atoms with van der Waals surface area (Å²) in [6.45, 7) is -0.439. The normalized spacial score (nSPS) is 13.7. The first-order valence-electron chi connectivity index (χ1n) is 6.50. The first kappa shape index (κ1) is 18.6. The minimum atomic E-state index is -3.60. The Morgan fingerprint density at radius 2 is 1.82 bits per heavy atom. The van der Waals surface area contributed by atoms with E-state index < -0.39 is 25.2 Å². The van der Waals surface area contributed by atoms with Gasteiger partial charge in [-0.3, -0.25) is 0 Å². The molecule has 0 saturated carbocycles. The molecule has 1 aromatic rings. The lowest BCUT2D eigenvalue weighted by Crippen LogP contribution is -2.38. The van der Waals surface area contributed by atoms with E-state index in [1.165, 1.54) is 0 Å². The lowest BCUT2D eigenvalue weighted by molar-refractivity contribution is 0.435. The van der Waals surface area contributed by atoms with Crippen LogP contribution in [0.5, 0.6) is 0 Å². The SMILES string of the molecule is CS(=O)(=O)N(CC#N)CCC(N)S(=O)(=O)Cc1ccccc1. The van der Waals surface area contributed by atoms with E-state index in [-0.39, 0.29) is 25.3 Å². The van der Waals surface area contributed by atoms with Gasteiger partial charge in [-0.05, 0) is 12.0 Å². The van der Waals surface area contributed by atoms with Crippen LogP contribution >= 0.6 is 0 Å². The minimum Gasteiger partial charge on any atom is -0.315 e. The van der Waals surface area contributed by atoms with Gasteiger partial charge in [0.1, 0.15) is 11.9 Å². The van der Waals surface area contributed by atoms with Crippen molar-refractivity contribution in [3.63, 3.8) is 0 Å². The fraction of sp³-hybridized carbons (Fsp3) is 0.462. The van der Waals surface area contributed by atoms with Gasteiger partial charge in [0.2, 0.25) is 10.0 Å². The molecular formula is C13H19N3O4S2. The van der Waals surface area contributed by atoms with Crippen LogP contribution in [-0.4, -0.2) is 45.9 Å². The maximum Gasteiger partial charge on any atom is 0.212 e. The molecule has 0 aliphatic carbocycles. The Morgan fingerprint density at radius 1 is 1.23 bits per heavy atom. The van der Waals surface area contributed by atoms with Gasteiger partial charge in [-0.25, -0.2) is 16.8 Å². The fourth-order valence-electron chi connectivity index (χ4n) is 1.81. The molecule has 1 aromatic carbocycles. The Bertz CT molecular complexity index is 724. The van der Waals surface area contributed by atoms with Gasteiger partial charge in [0.05, 0.1) is 18.1 Å². The summed E-state index contributed by atoms with van der Waals surface area (Å²) in [5, 5.41) is 7.43. The third kappa shape index (κ3) is 5.73. The molecule has 0 fully saturated rings. The van der Waals surface area contributed by atoms with Crippen LogP contribution in [0.25, 0.3) is 0 Å². The third-order valence-corrected chi connectivity index (χ3v) is 6.19. The van der Waals surface area contributed by atoms with Gasteiger partial charge in [0.25, 0.3) is 0 Å². The molecule has 0 saturated heterocycles. The van der Waals surface area contributed by atoms with Crippen LogP contribution in [0, 0.1) is 11.3 Å². The summed E-state index contributed by atoms with van der Waals surface area (Å²) in [6, 6.07) is 10.3. The van der Waals surface area contributed by atoms with E-state index in [9.17, 15) is 16.8 Å². The Balaban J connectivity index is 2.71. The highest BCUT2D eigenvalue weighted by atomic mass is 32.2. The van der Waals surface area contributed by atoms with E-state index in [0.717, 1.165) is 10.6 Å². The van der Waals surface area contributed by atoms with Crippen molar-refractivity contribution in [3.8, 4) is 6.07 Å². The Hall–Kier alpha value is -1.47. The lowest BCUT2D eigenvalue weighted by atomic mass is 10.2. The van der Waals surface area contributed by atoms with E-state index in [1.807, 2.05) is 0 Å². The molecule has 22 heavy (non-hydrogen) atoms. The number of sulfone groups is 1.